The Labute approximate surface area is 143 Å². The van der Waals surface area contributed by atoms with Gasteiger partial charge in [-0.3, -0.25) is 9.59 Å². The van der Waals surface area contributed by atoms with E-state index in [0.717, 1.165) is 23.5 Å². The molecule has 6 nitrogen and oxygen atoms in total. The number of nitrogens with one attached hydrogen (secondary N) is 1. The van der Waals surface area contributed by atoms with E-state index < -0.39 is 0 Å². The van der Waals surface area contributed by atoms with Crippen LogP contribution >= 0.6 is 22.7 Å². The van der Waals surface area contributed by atoms with Crippen LogP contribution in [0.3, 0.4) is 0 Å². The number of aryl methyl sites for hydroxylation is 1. The van der Waals surface area contributed by atoms with Crippen LogP contribution in [0.5, 0.6) is 0 Å². The van der Waals surface area contributed by atoms with E-state index in [2.05, 4.69) is 29.4 Å². The summed E-state index contributed by atoms with van der Waals surface area (Å²) < 4.78 is 1.70. The Balaban J connectivity index is 1.82. The molecule has 0 bridgehead atoms. The first-order valence-electron chi connectivity index (χ1n) is 7.83. The number of thiazole rings is 1. The van der Waals surface area contributed by atoms with E-state index in [1.165, 1.54) is 22.7 Å². The van der Waals surface area contributed by atoms with E-state index in [0.29, 0.717) is 30.4 Å². The Kier molecular flexibility index (Phi) is 6.47. The minimum atomic E-state index is -0.0850. The molecule has 1 amide bonds. The summed E-state index contributed by atoms with van der Waals surface area (Å²) >= 11 is 2.64. The van der Waals surface area contributed by atoms with E-state index >= 15 is 0 Å². The van der Waals surface area contributed by atoms with E-state index in [9.17, 15) is 9.59 Å². The normalized spacial score (nSPS) is 11.1. The first-order valence-corrected chi connectivity index (χ1v) is 9.52. The van der Waals surface area contributed by atoms with Gasteiger partial charge in [0.05, 0.1) is 0 Å². The Bertz CT molecular complexity index is 700. The molecule has 2 aromatic rings. The molecule has 0 fully saturated rings. The smallest absolute Gasteiger partial charge is 0.303 e. The Morgan fingerprint density at radius 3 is 2.70 bits per heavy atom. The lowest BCUT2D eigenvalue weighted by Gasteiger charge is -2.06. The maximum atomic E-state index is 12.0. The molecule has 0 aromatic carbocycles. The molecule has 0 atom stereocenters. The van der Waals surface area contributed by atoms with Gasteiger partial charge in [0.25, 0.3) is 0 Å². The van der Waals surface area contributed by atoms with Gasteiger partial charge in [0, 0.05) is 30.0 Å². The zero-order chi connectivity index (χ0) is 16.8. The average Bonchev–Trinajstić information content (AvgIpc) is 3.10. The second-order valence-electron chi connectivity index (χ2n) is 5.41. The molecule has 0 radical (unpaired) electrons. The summed E-state index contributed by atoms with van der Waals surface area (Å²) in [4.78, 5) is 23.6. The SMILES string of the molecule is CCC(CC)c1nnc(NC(=O)CCCn2c(C)csc2=O)s1. The number of carbonyl (C=O) groups is 1. The first-order chi connectivity index (χ1) is 11.0. The highest BCUT2D eigenvalue weighted by atomic mass is 32.1. The van der Waals surface area contributed by atoms with Gasteiger partial charge < -0.3 is 9.88 Å². The van der Waals surface area contributed by atoms with Gasteiger partial charge in [-0.05, 0) is 26.2 Å². The molecular weight excluding hydrogens is 332 g/mol. The molecule has 0 aliphatic carbocycles. The molecule has 0 saturated heterocycles. The third-order valence-electron chi connectivity index (χ3n) is 3.78. The summed E-state index contributed by atoms with van der Waals surface area (Å²) in [6.07, 6.45) is 3.03. The van der Waals surface area contributed by atoms with E-state index in [-0.39, 0.29) is 10.8 Å². The van der Waals surface area contributed by atoms with Gasteiger partial charge >= 0.3 is 4.87 Å². The van der Waals surface area contributed by atoms with Gasteiger partial charge in [-0.2, -0.15) is 0 Å². The lowest BCUT2D eigenvalue weighted by atomic mass is 10.1. The maximum Gasteiger partial charge on any atom is 0.307 e. The van der Waals surface area contributed by atoms with Crippen LogP contribution in [0.25, 0.3) is 0 Å². The van der Waals surface area contributed by atoms with Gasteiger partial charge in [0.15, 0.2) is 0 Å². The molecule has 0 spiro atoms. The maximum absolute atomic E-state index is 12.0. The van der Waals surface area contributed by atoms with Crippen LogP contribution in [0.1, 0.15) is 56.2 Å². The number of amides is 1. The van der Waals surface area contributed by atoms with Crippen molar-refractivity contribution < 1.29 is 4.79 Å². The van der Waals surface area contributed by atoms with Crippen LogP contribution in [0.2, 0.25) is 0 Å². The predicted molar refractivity (Wildman–Crippen MR) is 94.4 cm³/mol. The van der Waals surface area contributed by atoms with Crippen molar-refractivity contribution in [2.24, 2.45) is 0 Å². The first kappa shape index (κ1) is 17.8. The molecule has 2 rings (SSSR count). The number of carbonyl (C=O) groups excluding carboxylic acids is 1. The number of hydrogen-bond donors (Lipinski definition) is 1. The molecule has 0 unspecified atom stereocenters. The Hall–Kier alpha value is -1.54. The third kappa shape index (κ3) is 4.71. The van der Waals surface area contributed by atoms with Crippen molar-refractivity contribution >= 4 is 33.7 Å². The molecule has 2 aromatic heterocycles. The van der Waals surface area contributed by atoms with Crippen LogP contribution in [-0.4, -0.2) is 20.7 Å². The summed E-state index contributed by atoms with van der Waals surface area (Å²) in [5.74, 6) is 0.324. The van der Waals surface area contributed by atoms with Crippen LogP contribution in [0.15, 0.2) is 10.2 Å². The zero-order valence-electron chi connectivity index (χ0n) is 13.7. The summed E-state index contributed by atoms with van der Waals surface area (Å²) in [6, 6.07) is 0. The summed E-state index contributed by atoms with van der Waals surface area (Å²) in [5, 5.41) is 14.4. The minimum absolute atomic E-state index is 0.0295. The molecule has 8 heteroatoms. The molecule has 1 N–H and O–H groups in total. The van der Waals surface area contributed by atoms with Crippen LogP contribution < -0.4 is 10.2 Å². The van der Waals surface area contributed by atoms with Crippen molar-refractivity contribution in [3.63, 3.8) is 0 Å². The van der Waals surface area contributed by atoms with Gasteiger partial charge in [-0.25, -0.2) is 0 Å². The van der Waals surface area contributed by atoms with Crippen molar-refractivity contribution in [3.8, 4) is 0 Å². The standard InChI is InChI=1S/C15H22N4O2S2/c1-4-11(5-2)13-17-18-14(23-13)16-12(20)7-6-8-19-10(3)9-22-15(19)21/h9,11H,4-8H2,1-3H3,(H,16,18,20). The fraction of sp³-hybridized carbons (Fsp3) is 0.600. The molecular formula is C15H22N4O2S2. The van der Waals surface area contributed by atoms with Crippen molar-refractivity contribution in [2.45, 2.75) is 58.9 Å². The van der Waals surface area contributed by atoms with Crippen molar-refractivity contribution in [1.29, 1.82) is 0 Å². The average molecular weight is 355 g/mol. The number of anilines is 1. The molecule has 0 aliphatic heterocycles. The van der Waals surface area contributed by atoms with E-state index in [4.69, 9.17) is 0 Å². The highest BCUT2D eigenvalue weighted by Crippen LogP contribution is 2.28. The molecule has 0 saturated carbocycles. The molecule has 23 heavy (non-hydrogen) atoms. The number of aromatic nitrogens is 3. The van der Waals surface area contributed by atoms with Crippen molar-refractivity contribution in [1.82, 2.24) is 14.8 Å². The largest absolute Gasteiger partial charge is 0.307 e. The van der Waals surface area contributed by atoms with Gasteiger partial charge in [-0.1, -0.05) is 36.5 Å². The lowest BCUT2D eigenvalue weighted by molar-refractivity contribution is -0.116. The zero-order valence-corrected chi connectivity index (χ0v) is 15.3. The van der Waals surface area contributed by atoms with Crippen LogP contribution in [0.4, 0.5) is 5.13 Å². The summed E-state index contributed by atoms with van der Waals surface area (Å²) in [5.41, 5.74) is 0.944. The lowest BCUT2D eigenvalue weighted by Crippen LogP contribution is -2.17. The van der Waals surface area contributed by atoms with Crippen LogP contribution in [-0.2, 0) is 11.3 Å². The second kappa shape index (κ2) is 8.35. The second-order valence-corrected chi connectivity index (χ2v) is 7.23. The number of hydrogen-bond acceptors (Lipinski definition) is 6. The van der Waals surface area contributed by atoms with Gasteiger partial charge in [0.2, 0.25) is 11.0 Å². The van der Waals surface area contributed by atoms with Crippen molar-refractivity contribution in [2.75, 3.05) is 5.32 Å². The summed E-state index contributed by atoms with van der Waals surface area (Å²) in [7, 11) is 0. The minimum Gasteiger partial charge on any atom is -0.303 e. The fourth-order valence-corrected chi connectivity index (χ4v) is 4.13. The molecule has 0 aliphatic rings. The topological polar surface area (TPSA) is 76.9 Å². The monoisotopic (exact) mass is 354 g/mol. The Morgan fingerprint density at radius 1 is 1.35 bits per heavy atom. The number of rotatable bonds is 8. The van der Waals surface area contributed by atoms with E-state index in [1.807, 2.05) is 12.3 Å². The fourth-order valence-electron chi connectivity index (χ4n) is 2.34. The number of nitrogens with zero attached hydrogens (tertiary/aromatic N) is 3. The van der Waals surface area contributed by atoms with Gasteiger partial charge in [0.1, 0.15) is 5.01 Å². The quantitative estimate of drug-likeness (QED) is 0.788. The van der Waals surface area contributed by atoms with Crippen molar-refractivity contribution in [3.05, 3.63) is 25.7 Å². The van der Waals surface area contributed by atoms with Gasteiger partial charge in [-0.15, -0.1) is 10.2 Å². The molecule has 2 heterocycles. The highest BCUT2D eigenvalue weighted by molar-refractivity contribution is 7.15. The highest BCUT2D eigenvalue weighted by Gasteiger charge is 2.14. The Morgan fingerprint density at radius 2 is 2.09 bits per heavy atom. The van der Waals surface area contributed by atoms with E-state index in [1.54, 1.807) is 4.57 Å². The molecule has 126 valence electrons. The third-order valence-corrected chi connectivity index (χ3v) is 5.67. The predicted octanol–water partition coefficient (Wildman–Crippen LogP) is 3.39. The van der Waals surface area contributed by atoms with Crippen LogP contribution in [0, 0.1) is 6.92 Å². The summed E-state index contributed by atoms with van der Waals surface area (Å²) in [6.45, 7) is 6.72.